The Labute approximate surface area is 252 Å². The highest BCUT2D eigenvalue weighted by Crippen LogP contribution is 2.40. The third-order valence-corrected chi connectivity index (χ3v) is 6.61. The molecule has 0 amide bonds. The van der Waals surface area contributed by atoms with Crippen molar-refractivity contribution in [3.05, 3.63) is 161 Å². The molecular formula is C30H25Cl2FIN5. The summed E-state index contributed by atoms with van der Waals surface area (Å²) in [5.74, 6) is -0.474. The average molecular weight is 672 g/mol. The number of aromatic amines is 1. The quantitative estimate of drug-likeness (QED) is 0.116. The van der Waals surface area contributed by atoms with Crippen LogP contribution in [0.5, 0.6) is 0 Å². The molecule has 198 valence electrons. The van der Waals surface area contributed by atoms with Gasteiger partial charge in [0, 0.05) is 18.0 Å². The number of hydrogen-bond donors (Lipinski definition) is 1. The first-order valence-corrected chi connectivity index (χ1v) is 12.7. The number of pyridine rings is 1. The summed E-state index contributed by atoms with van der Waals surface area (Å²) >= 11 is 2.27. The van der Waals surface area contributed by atoms with E-state index in [0.29, 0.717) is 0 Å². The van der Waals surface area contributed by atoms with E-state index in [2.05, 4.69) is 144 Å². The Kier molecular flexibility index (Phi) is 10.8. The second-order valence-corrected chi connectivity index (χ2v) is 9.35. The summed E-state index contributed by atoms with van der Waals surface area (Å²) in [5, 5.41) is 0. The number of imidazole rings is 2. The Morgan fingerprint density at radius 2 is 1.23 bits per heavy atom. The van der Waals surface area contributed by atoms with E-state index in [1.807, 2.05) is 6.33 Å². The molecule has 0 aliphatic carbocycles. The maximum absolute atomic E-state index is 12.4. The Balaban J connectivity index is 0.000000254. The normalized spacial score (nSPS) is 10.4. The molecule has 0 fully saturated rings. The first-order valence-electron chi connectivity index (χ1n) is 11.6. The number of rotatable bonds is 5. The van der Waals surface area contributed by atoms with Crippen LogP contribution in [0.25, 0.3) is 11.3 Å². The van der Waals surface area contributed by atoms with E-state index in [9.17, 15) is 4.39 Å². The molecule has 5 nitrogen and oxygen atoms in total. The summed E-state index contributed by atoms with van der Waals surface area (Å²) in [6.07, 6.45) is 8.72. The van der Waals surface area contributed by atoms with Crippen LogP contribution in [0.3, 0.4) is 0 Å². The van der Waals surface area contributed by atoms with E-state index < -0.39 is 11.5 Å². The first kappa shape index (κ1) is 30.0. The lowest BCUT2D eigenvalue weighted by Crippen LogP contribution is -2.36. The Hall–Kier alpha value is -3.53. The van der Waals surface area contributed by atoms with Crippen molar-refractivity contribution in [1.29, 1.82) is 0 Å². The van der Waals surface area contributed by atoms with Crippen LogP contribution in [0.1, 0.15) is 16.7 Å². The first-order chi connectivity index (χ1) is 18.2. The zero-order valence-corrected chi connectivity index (χ0v) is 24.4. The number of nitrogens with one attached hydrogen (secondary N) is 1. The predicted molar refractivity (Wildman–Crippen MR) is 166 cm³/mol. The molecule has 3 aromatic heterocycles. The number of benzene rings is 3. The number of aromatic nitrogens is 5. The Morgan fingerprint density at radius 1 is 0.692 bits per heavy atom. The fourth-order valence-electron chi connectivity index (χ4n) is 4.42. The number of nitrogens with zero attached hydrogens (tertiary/aromatic N) is 4. The van der Waals surface area contributed by atoms with Crippen LogP contribution in [0.4, 0.5) is 4.39 Å². The summed E-state index contributed by atoms with van der Waals surface area (Å²) in [4.78, 5) is 14.8. The highest BCUT2D eigenvalue weighted by molar-refractivity contribution is 14.1. The van der Waals surface area contributed by atoms with Gasteiger partial charge in [-0.3, -0.25) is 0 Å². The second kappa shape index (κ2) is 14.0. The lowest BCUT2D eigenvalue weighted by molar-refractivity contribution is 0.514. The molecule has 0 spiro atoms. The zero-order valence-electron chi connectivity index (χ0n) is 20.6. The molecule has 0 aliphatic heterocycles. The maximum atomic E-state index is 12.4. The van der Waals surface area contributed by atoms with Gasteiger partial charge in [0.1, 0.15) is 9.24 Å². The molecule has 9 heteroatoms. The number of hydrogen-bond acceptors (Lipinski definition) is 3. The van der Waals surface area contributed by atoms with Crippen molar-refractivity contribution in [3.8, 4) is 11.3 Å². The van der Waals surface area contributed by atoms with E-state index in [1.165, 1.54) is 29.0 Å². The minimum Gasteiger partial charge on any atom is -0.345 e. The zero-order chi connectivity index (χ0) is 25.5. The lowest BCUT2D eigenvalue weighted by Gasteiger charge is -2.37. The highest BCUT2D eigenvalue weighted by atomic mass is 127. The van der Waals surface area contributed by atoms with Crippen LogP contribution in [-0.4, -0.2) is 24.5 Å². The number of halogens is 4. The molecule has 0 atom stereocenters. The minimum absolute atomic E-state index is 0. The van der Waals surface area contributed by atoms with Crippen molar-refractivity contribution in [2.45, 2.75) is 5.54 Å². The van der Waals surface area contributed by atoms with Crippen LogP contribution in [0.15, 0.2) is 134 Å². The smallest absolute Gasteiger partial charge is 0.212 e. The molecule has 1 N–H and O–H groups in total. The van der Waals surface area contributed by atoms with Gasteiger partial charge in [-0.25, -0.2) is 15.0 Å². The Morgan fingerprint density at radius 3 is 1.62 bits per heavy atom. The van der Waals surface area contributed by atoms with Crippen LogP contribution < -0.4 is 0 Å². The van der Waals surface area contributed by atoms with Gasteiger partial charge in [-0.05, 0) is 51.4 Å². The van der Waals surface area contributed by atoms with Crippen molar-refractivity contribution < 1.29 is 4.39 Å². The fourth-order valence-corrected chi connectivity index (χ4v) is 4.84. The molecule has 0 saturated carbocycles. The maximum Gasteiger partial charge on any atom is 0.212 e. The standard InChI is InChI=1S/C22H17IN2.C8H6FN3.2ClH/c23-21-16-25(17-24-21)22(18-10-4-1-5-11-18,19-12-6-2-7-13-19)20-14-8-3-9-15-20;9-8-2-1-6(3-11-8)7-4-10-5-12-7;;/h1-17H;1-5H,(H,10,12);2*1H. The van der Waals surface area contributed by atoms with Gasteiger partial charge in [0.2, 0.25) is 5.95 Å². The van der Waals surface area contributed by atoms with Crippen LogP contribution >= 0.6 is 47.4 Å². The van der Waals surface area contributed by atoms with Crippen molar-refractivity contribution in [2.24, 2.45) is 0 Å². The van der Waals surface area contributed by atoms with Crippen LogP contribution in [-0.2, 0) is 5.54 Å². The average Bonchev–Trinajstić information content (AvgIpc) is 3.65. The van der Waals surface area contributed by atoms with Gasteiger partial charge in [-0.2, -0.15) is 4.39 Å². The molecule has 0 bridgehead atoms. The fraction of sp³-hybridized carbons (Fsp3) is 0.0333. The van der Waals surface area contributed by atoms with Crippen molar-refractivity contribution in [2.75, 3.05) is 0 Å². The van der Waals surface area contributed by atoms with Gasteiger partial charge in [0.25, 0.3) is 0 Å². The molecule has 6 aromatic rings. The summed E-state index contributed by atoms with van der Waals surface area (Å²) in [6, 6.07) is 34.8. The summed E-state index contributed by atoms with van der Waals surface area (Å²) in [7, 11) is 0. The van der Waals surface area contributed by atoms with E-state index in [4.69, 9.17) is 0 Å². The van der Waals surface area contributed by atoms with E-state index in [-0.39, 0.29) is 24.8 Å². The van der Waals surface area contributed by atoms with E-state index in [1.54, 1.807) is 18.6 Å². The summed E-state index contributed by atoms with van der Waals surface area (Å²) in [6.45, 7) is 0. The second-order valence-electron chi connectivity index (χ2n) is 8.25. The lowest BCUT2D eigenvalue weighted by atomic mass is 9.77. The van der Waals surface area contributed by atoms with E-state index >= 15 is 0 Å². The topological polar surface area (TPSA) is 59.4 Å². The summed E-state index contributed by atoms with van der Waals surface area (Å²) in [5.41, 5.74) is 4.83. The molecule has 0 radical (unpaired) electrons. The van der Waals surface area contributed by atoms with Crippen molar-refractivity contribution in [3.63, 3.8) is 0 Å². The number of H-pyrrole nitrogens is 1. The monoisotopic (exact) mass is 671 g/mol. The van der Waals surface area contributed by atoms with Crippen molar-refractivity contribution >= 4 is 47.4 Å². The molecule has 39 heavy (non-hydrogen) atoms. The Bertz CT molecular complexity index is 1430. The molecular weight excluding hydrogens is 647 g/mol. The molecule has 0 aliphatic rings. The van der Waals surface area contributed by atoms with Crippen LogP contribution in [0.2, 0.25) is 0 Å². The molecule has 6 rings (SSSR count). The van der Waals surface area contributed by atoms with Gasteiger partial charge in [0.15, 0.2) is 0 Å². The van der Waals surface area contributed by atoms with Gasteiger partial charge in [0.05, 0.1) is 24.5 Å². The predicted octanol–water partition coefficient (Wildman–Crippen LogP) is 7.78. The SMILES string of the molecule is Cl.Cl.Fc1ccc(-c2cnc[nH]2)cn1.Ic1cn(C(c2ccccc2)(c2ccccc2)c2ccccc2)cn1. The van der Waals surface area contributed by atoms with Crippen molar-refractivity contribution in [1.82, 2.24) is 24.5 Å². The third kappa shape index (κ3) is 6.55. The highest BCUT2D eigenvalue weighted by Gasteiger charge is 2.38. The molecule has 3 heterocycles. The summed E-state index contributed by atoms with van der Waals surface area (Å²) < 4.78 is 15.6. The molecule has 3 aromatic carbocycles. The van der Waals surface area contributed by atoms with Gasteiger partial charge in [-0.1, -0.05) is 91.0 Å². The molecule has 0 saturated heterocycles. The largest absolute Gasteiger partial charge is 0.345 e. The van der Waals surface area contributed by atoms with Gasteiger partial charge in [-0.15, -0.1) is 24.8 Å². The van der Waals surface area contributed by atoms with Crippen LogP contribution in [0, 0.1) is 9.65 Å². The molecule has 0 unspecified atom stereocenters. The van der Waals surface area contributed by atoms with Gasteiger partial charge < -0.3 is 9.55 Å². The van der Waals surface area contributed by atoms with E-state index in [0.717, 1.165) is 15.0 Å². The third-order valence-electron chi connectivity index (χ3n) is 6.05. The minimum atomic E-state index is -0.474. The van der Waals surface area contributed by atoms with Gasteiger partial charge >= 0.3 is 0 Å².